The molecule has 0 spiro atoms. The Morgan fingerprint density at radius 3 is 3.17 bits per heavy atom. The monoisotopic (exact) mass is 201 g/mol. The maximum absolute atomic E-state index is 10.0. The molecule has 1 aliphatic rings. The first kappa shape index (κ1) is 8.53. The average molecular weight is 201 g/mol. The van der Waals surface area contributed by atoms with Crippen LogP contribution in [0.4, 0.5) is 0 Å². The summed E-state index contributed by atoms with van der Waals surface area (Å²) < 4.78 is 0. The number of nitrogens with zero attached hydrogens (tertiary/aromatic N) is 1. The van der Waals surface area contributed by atoms with Crippen LogP contribution in [-0.4, -0.2) is 27.2 Å². The van der Waals surface area contributed by atoms with Gasteiger partial charge in [-0.25, -0.2) is 0 Å². The Bertz CT molecular complexity index is 242. The van der Waals surface area contributed by atoms with E-state index in [1.165, 1.54) is 4.88 Å². The van der Waals surface area contributed by atoms with Crippen molar-refractivity contribution in [2.45, 2.75) is 18.4 Å². The first-order chi connectivity index (χ1) is 5.79. The van der Waals surface area contributed by atoms with Crippen LogP contribution in [0.2, 0.25) is 0 Å². The highest BCUT2D eigenvalue weighted by atomic mass is 32.2. The molecule has 4 heteroatoms. The van der Waals surface area contributed by atoms with Gasteiger partial charge in [-0.05, 0) is 12.2 Å². The lowest BCUT2D eigenvalue weighted by molar-refractivity contribution is 0.0694. The van der Waals surface area contributed by atoms with Gasteiger partial charge in [0.05, 0.1) is 11.1 Å². The molecule has 0 aromatic carbocycles. The van der Waals surface area contributed by atoms with Crippen LogP contribution in [0.1, 0.15) is 11.3 Å². The van der Waals surface area contributed by atoms with Crippen molar-refractivity contribution in [1.29, 1.82) is 0 Å². The van der Waals surface area contributed by atoms with E-state index in [4.69, 9.17) is 0 Å². The van der Waals surface area contributed by atoms with Gasteiger partial charge in [-0.2, -0.15) is 11.8 Å². The third-order valence-electron chi connectivity index (χ3n) is 2.07. The van der Waals surface area contributed by atoms with Crippen molar-refractivity contribution < 1.29 is 5.11 Å². The molecule has 1 saturated heterocycles. The zero-order valence-electron chi connectivity index (χ0n) is 6.69. The van der Waals surface area contributed by atoms with Crippen molar-refractivity contribution in [1.82, 2.24) is 4.98 Å². The lowest BCUT2D eigenvalue weighted by atomic mass is 9.99. The third kappa shape index (κ3) is 1.81. The summed E-state index contributed by atoms with van der Waals surface area (Å²) >= 11 is 3.47. The van der Waals surface area contributed by atoms with E-state index < -0.39 is 5.60 Å². The minimum Gasteiger partial charge on any atom is -0.389 e. The van der Waals surface area contributed by atoms with Crippen molar-refractivity contribution in [3.05, 3.63) is 16.6 Å². The van der Waals surface area contributed by atoms with Crippen LogP contribution in [0.3, 0.4) is 0 Å². The van der Waals surface area contributed by atoms with Gasteiger partial charge in [0.15, 0.2) is 0 Å². The summed E-state index contributed by atoms with van der Waals surface area (Å²) in [6, 6.07) is 0. The molecule has 0 aliphatic carbocycles. The molecule has 66 valence electrons. The Morgan fingerprint density at radius 2 is 2.58 bits per heavy atom. The predicted molar refractivity (Wildman–Crippen MR) is 52.7 cm³/mol. The summed E-state index contributed by atoms with van der Waals surface area (Å²) in [6.45, 7) is 0. The number of thiazole rings is 1. The molecule has 0 radical (unpaired) electrons. The zero-order chi connectivity index (χ0) is 8.44. The molecule has 0 saturated carbocycles. The second kappa shape index (κ2) is 3.36. The maximum atomic E-state index is 10.0. The highest BCUT2D eigenvalue weighted by Gasteiger charge is 2.32. The Morgan fingerprint density at radius 1 is 1.67 bits per heavy atom. The summed E-state index contributed by atoms with van der Waals surface area (Å²) in [5.41, 5.74) is 1.37. The Kier molecular flexibility index (Phi) is 2.39. The number of aliphatic hydroxyl groups is 1. The maximum Gasteiger partial charge on any atom is 0.0794 e. The molecule has 2 heterocycles. The molecular weight excluding hydrogens is 190 g/mol. The predicted octanol–water partition coefficient (Wildman–Crippen LogP) is 1.55. The fourth-order valence-electron chi connectivity index (χ4n) is 1.39. The number of aromatic nitrogens is 1. The molecule has 0 amide bonds. The molecule has 1 atom stereocenters. The van der Waals surface area contributed by atoms with Gasteiger partial charge in [0.1, 0.15) is 0 Å². The van der Waals surface area contributed by atoms with Gasteiger partial charge < -0.3 is 5.11 Å². The van der Waals surface area contributed by atoms with Crippen LogP contribution in [0, 0.1) is 0 Å². The lowest BCUT2D eigenvalue weighted by Crippen LogP contribution is -2.30. The van der Waals surface area contributed by atoms with Crippen LogP contribution < -0.4 is 0 Å². The fraction of sp³-hybridized carbons (Fsp3) is 0.625. The van der Waals surface area contributed by atoms with Crippen LogP contribution in [0.15, 0.2) is 11.7 Å². The Hall–Kier alpha value is -0.0600. The summed E-state index contributed by atoms with van der Waals surface area (Å²) in [5, 5.41) is 10.0. The van der Waals surface area contributed by atoms with Crippen LogP contribution in [0.5, 0.6) is 0 Å². The fourth-order valence-corrected chi connectivity index (χ4v) is 3.42. The van der Waals surface area contributed by atoms with Crippen LogP contribution in [-0.2, 0) is 6.42 Å². The molecule has 1 fully saturated rings. The summed E-state index contributed by atoms with van der Waals surface area (Å²) in [5.74, 6) is 1.97. The highest BCUT2D eigenvalue weighted by molar-refractivity contribution is 7.99. The SMILES string of the molecule is OC1(Cc2cncs2)CCSC1. The average Bonchev–Trinajstić information content (AvgIpc) is 2.62. The number of hydrogen-bond donors (Lipinski definition) is 1. The highest BCUT2D eigenvalue weighted by Crippen LogP contribution is 2.31. The van der Waals surface area contributed by atoms with E-state index in [0.29, 0.717) is 0 Å². The molecule has 0 bridgehead atoms. The van der Waals surface area contributed by atoms with E-state index in [1.807, 2.05) is 23.5 Å². The molecule has 1 unspecified atom stereocenters. The van der Waals surface area contributed by atoms with Crippen molar-refractivity contribution in [2.24, 2.45) is 0 Å². The van der Waals surface area contributed by atoms with Gasteiger partial charge in [0, 0.05) is 23.2 Å². The van der Waals surface area contributed by atoms with Crippen molar-refractivity contribution in [2.75, 3.05) is 11.5 Å². The molecular formula is C8H11NOS2. The van der Waals surface area contributed by atoms with E-state index in [9.17, 15) is 5.11 Å². The minimum absolute atomic E-state index is 0.447. The van der Waals surface area contributed by atoms with E-state index in [1.54, 1.807) is 11.3 Å². The number of thioether (sulfide) groups is 1. The largest absolute Gasteiger partial charge is 0.389 e. The van der Waals surface area contributed by atoms with Gasteiger partial charge in [0.2, 0.25) is 0 Å². The minimum atomic E-state index is -0.447. The normalized spacial score (nSPS) is 29.4. The summed E-state index contributed by atoms with van der Waals surface area (Å²) in [6.07, 6.45) is 3.56. The van der Waals surface area contributed by atoms with Crippen LogP contribution in [0.25, 0.3) is 0 Å². The van der Waals surface area contributed by atoms with Crippen molar-refractivity contribution in [3.63, 3.8) is 0 Å². The quantitative estimate of drug-likeness (QED) is 0.788. The van der Waals surface area contributed by atoms with E-state index >= 15 is 0 Å². The molecule has 12 heavy (non-hydrogen) atoms. The summed E-state index contributed by atoms with van der Waals surface area (Å²) in [7, 11) is 0. The molecule has 2 rings (SSSR count). The molecule has 1 aromatic heterocycles. The molecule has 1 aromatic rings. The molecule has 1 N–H and O–H groups in total. The van der Waals surface area contributed by atoms with Gasteiger partial charge >= 0.3 is 0 Å². The zero-order valence-corrected chi connectivity index (χ0v) is 8.33. The second-order valence-corrected chi connectivity index (χ2v) is 5.25. The van der Waals surface area contributed by atoms with Gasteiger partial charge in [-0.3, -0.25) is 4.98 Å². The van der Waals surface area contributed by atoms with E-state index in [2.05, 4.69) is 4.98 Å². The number of rotatable bonds is 2. The van der Waals surface area contributed by atoms with E-state index in [0.717, 1.165) is 24.3 Å². The Labute approximate surface area is 80.0 Å². The van der Waals surface area contributed by atoms with Crippen molar-refractivity contribution in [3.8, 4) is 0 Å². The molecule has 1 aliphatic heterocycles. The van der Waals surface area contributed by atoms with Gasteiger partial charge in [-0.15, -0.1) is 11.3 Å². The lowest BCUT2D eigenvalue weighted by Gasteiger charge is -2.19. The Balaban J connectivity index is 2.02. The second-order valence-electron chi connectivity index (χ2n) is 3.17. The van der Waals surface area contributed by atoms with E-state index in [-0.39, 0.29) is 0 Å². The summed E-state index contributed by atoms with van der Waals surface area (Å²) in [4.78, 5) is 5.19. The van der Waals surface area contributed by atoms with Gasteiger partial charge in [-0.1, -0.05) is 0 Å². The molecule has 2 nitrogen and oxygen atoms in total. The standard InChI is InChI=1S/C8H11NOS2/c10-8(1-2-11-5-8)3-7-4-9-6-12-7/h4,6,10H,1-3,5H2. The van der Waals surface area contributed by atoms with Crippen molar-refractivity contribution >= 4 is 23.1 Å². The van der Waals surface area contributed by atoms with Gasteiger partial charge in [0.25, 0.3) is 0 Å². The third-order valence-corrected chi connectivity index (χ3v) is 4.08. The van der Waals surface area contributed by atoms with Crippen LogP contribution >= 0.6 is 23.1 Å². The topological polar surface area (TPSA) is 33.1 Å². The smallest absolute Gasteiger partial charge is 0.0794 e. The first-order valence-electron chi connectivity index (χ1n) is 3.96. The number of hydrogen-bond acceptors (Lipinski definition) is 4. The first-order valence-corrected chi connectivity index (χ1v) is 5.99.